The van der Waals surface area contributed by atoms with E-state index in [1.807, 2.05) is 43.3 Å². The second-order valence-electron chi connectivity index (χ2n) is 11.1. The van der Waals surface area contributed by atoms with E-state index in [0.29, 0.717) is 24.9 Å². The van der Waals surface area contributed by atoms with Crippen LogP contribution in [-0.2, 0) is 20.8 Å². The lowest BCUT2D eigenvalue weighted by Gasteiger charge is -2.32. The third-order valence-corrected chi connectivity index (χ3v) is 7.93. The molecule has 2 aromatic rings. The average Bonchev–Trinajstić information content (AvgIpc) is 2.96. The smallest absolute Gasteiger partial charge is 0.243 e. The summed E-state index contributed by atoms with van der Waals surface area (Å²) in [6.07, 6.45) is 5.72. The highest BCUT2D eigenvalue weighted by atomic mass is 16.2. The highest BCUT2D eigenvalue weighted by Gasteiger charge is 2.35. The van der Waals surface area contributed by atoms with Crippen molar-refractivity contribution in [3.05, 3.63) is 70.8 Å². The highest BCUT2D eigenvalue weighted by molar-refractivity contribution is 5.95. The summed E-state index contributed by atoms with van der Waals surface area (Å²) in [7, 11) is 0. The molecule has 1 aliphatic rings. The molecule has 226 valence electrons. The van der Waals surface area contributed by atoms with Gasteiger partial charge in [0.2, 0.25) is 17.7 Å². The van der Waals surface area contributed by atoms with Gasteiger partial charge in [0, 0.05) is 12.1 Å². The number of guanidine groups is 1. The van der Waals surface area contributed by atoms with Gasteiger partial charge in [0.05, 0.1) is 5.92 Å². The lowest BCUT2D eigenvalue weighted by Crippen LogP contribution is -2.56. The van der Waals surface area contributed by atoms with Gasteiger partial charge in [-0.3, -0.25) is 25.2 Å². The SMILES string of the molecule is Cc1ccccc1[C@@H](Cc1ccc(C(=N)N)cc1)C(=O)N[C@H](C(=O)N[C@@H](CCCNC(=N)N)C(N)=O)C1CCCCC1. The summed E-state index contributed by atoms with van der Waals surface area (Å²) >= 11 is 0. The van der Waals surface area contributed by atoms with Gasteiger partial charge in [-0.1, -0.05) is 67.8 Å². The average molecular weight is 577 g/mol. The summed E-state index contributed by atoms with van der Waals surface area (Å²) < 4.78 is 0. The number of amidine groups is 1. The van der Waals surface area contributed by atoms with E-state index < -0.39 is 29.8 Å². The zero-order chi connectivity index (χ0) is 30.6. The highest BCUT2D eigenvalue weighted by Crippen LogP contribution is 2.29. The lowest BCUT2D eigenvalue weighted by atomic mass is 9.82. The van der Waals surface area contributed by atoms with Gasteiger partial charge in [-0.2, -0.15) is 0 Å². The van der Waals surface area contributed by atoms with Crippen LogP contribution in [0.1, 0.15) is 73.1 Å². The van der Waals surface area contributed by atoms with E-state index in [1.165, 1.54) is 0 Å². The van der Waals surface area contributed by atoms with E-state index in [0.717, 1.165) is 48.8 Å². The van der Waals surface area contributed by atoms with Crippen molar-refractivity contribution in [2.75, 3.05) is 6.54 Å². The Hall–Kier alpha value is -4.41. The molecule has 0 spiro atoms. The molecule has 0 aliphatic heterocycles. The van der Waals surface area contributed by atoms with Crippen LogP contribution in [-0.4, -0.2) is 48.1 Å². The minimum atomic E-state index is -0.916. The van der Waals surface area contributed by atoms with Crippen molar-refractivity contribution in [3.63, 3.8) is 0 Å². The molecule has 0 radical (unpaired) electrons. The van der Waals surface area contributed by atoms with Gasteiger partial charge in [-0.15, -0.1) is 0 Å². The van der Waals surface area contributed by atoms with Crippen molar-refractivity contribution < 1.29 is 14.4 Å². The summed E-state index contributed by atoms with van der Waals surface area (Å²) in [5.74, 6) is -2.19. The van der Waals surface area contributed by atoms with Crippen LogP contribution in [0.25, 0.3) is 0 Å². The van der Waals surface area contributed by atoms with Crippen LogP contribution in [0.2, 0.25) is 0 Å². The molecule has 11 nitrogen and oxygen atoms in total. The number of nitrogens with one attached hydrogen (secondary N) is 5. The van der Waals surface area contributed by atoms with E-state index in [1.54, 1.807) is 12.1 Å². The number of carbonyl (C=O) groups excluding carboxylic acids is 3. The third kappa shape index (κ3) is 9.32. The van der Waals surface area contributed by atoms with Gasteiger partial charge in [0.15, 0.2) is 5.96 Å². The Morgan fingerprint density at radius 3 is 2.17 bits per heavy atom. The number of rotatable bonds is 14. The van der Waals surface area contributed by atoms with Crippen LogP contribution < -0.4 is 33.2 Å². The minimum Gasteiger partial charge on any atom is -0.384 e. The maximum absolute atomic E-state index is 14.1. The molecule has 2 aromatic carbocycles. The molecule has 3 atom stereocenters. The number of nitrogens with two attached hydrogens (primary N) is 3. The fourth-order valence-corrected chi connectivity index (χ4v) is 5.57. The normalized spacial score (nSPS) is 15.5. The van der Waals surface area contributed by atoms with Crippen molar-refractivity contribution in [1.29, 1.82) is 10.8 Å². The summed E-state index contributed by atoms with van der Waals surface area (Å²) in [5.41, 5.74) is 19.9. The van der Waals surface area contributed by atoms with Crippen molar-refractivity contribution >= 4 is 29.5 Å². The Labute approximate surface area is 247 Å². The van der Waals surface area contributed by atoms with Crippen LogP contribution in [0.15, 0.2) is 48.5 Å². The first-order chi connectivity index (χ1) is 20.1. The Balaban J connectivity index is 1.84. The first kappa shape index (κ1) is 32.1. The molecule has 3 rings (SSSR count). The molecule has 0 aromatic heterocycles. The standard InChI is InChI=1S/C31H44N8O3/c1-19-8-5-6-11-23(19)24(18-20-13-15-22(16-14-20)27(32)33)29(41)39-26(21-9-3-2-4-10-21)30(42)38-25(28(34)40)12-7-17-37-31(35)36/h5-6,8,11,13-16,21,24-26H,2-4,7,9-10,12,17-18H2,1H3,(H3,32,33)(H2,34,40)(H,38,42)(H,39,41)(H4,35,36,37)/t24-,25+,26+/m1/s1. The molecule has 42 heavy (non-hydrogen) atoms. The minimum absolute atomic E-state index is 0.0273. The quantitative estimate of drug-likeness (QED) is 0.0954. The summed E-state index contributed by atoms with van der Waals surface area (Å²) in [6, 6.07) is 13.2. The Morgan fingerprint density at radius 2 is 1.57 bits per heavy atom. The fourth-order valence-electron chi connectivity index (χ4n) is 5.57. The van der Waals surface area contributed by atoms with Gasteiger partial charge in [0.1, 0.15) is 17.9 Å². The van der Waals surface area contributed by atoms with Crippen LogP contribution in [0.5, 0.6) is 0 Å². The zero-order valence-electron chi connectivity index (χ0n) is 24.2. The van der Waals surface area contributed by atoms with Crippen molar-refractivity contribution in [1.82, 2.24) is 16.0 Å². The Bertz CT molecular complexity index is 1260. The number of benzene rings is 2. The van der Waals surface area contributed by atoms with E-state index in [9.17, 15) is 14.4 Å². The number of primary amides is 1. The molecule has 0 bridgehead atoms. The largest absolute Gasteiger partial charge is 0.384 e. The molecule has 3 amide bonds. The number of hydrogen-bond acceptors (Lipinski definition) is 5. The van der Waals surface area contributed by atoms with E-state index in [-0.39, 0.29) is 30.0 Å². The van der Waals surface area contributed by atoms with E-state index in [4.69, 9.17) is 28.0 Å². The molecule has 11 heteroatoms. The molecule has 0 heterocycles. The number of nitrogen functional groups attached to an aromatic ring is 1. The van der Waals surface area contributed by atoms with Gasteiger partial charge in [-0.05, 0) is 61.6 Å². The molecular weight excluding hydrogens is 532 g/mol. The molecule has 0 saturated heterocycles. The third-order valence-electron chi connectivity index (χ3n) is 7.93. The molecule has 11 N–H and O–H groups in total. The molecule has 1 saturated carbocycles. The van der Waals surface area contributed by atoms with Gasteiger partial charge in [0.25, 0.3) is 0 Å². The van der Waals surface area contributed by atoms with E-state index >= 15 is 0 Å². The molecule has 1 fully saturated rings. The number of carbonyl (C=O) groups is 3. The van der Waals surface area contributed by atoms with Crippen molar-refractivity contribution in [3.8, 4) is 0 Å². The van der Waals surface area contributed by atoms with Crippen molar-refractivity contribution in [2.24, 2.45) is 23.1 Å². The first-order valence-electron chi connectivity index (χ1n) is 14.5. The number of amides is 3. The Kier molecular flexibility index (Phi) is 11.9. The Morgan fingerprint density at radius 1 is 0.905 bits per heavy atom. The zero-order valence-corrected chi connectivity index (χ0v) is 24.2. The second-order valence-corrected chi connectivity index (χ2v) is 11.1. The fraction of sp³-hybridized carbons (Fsp3) is 0.452. The van der Waals surface area contributed by atoms with E-state index in [2.05, 4.69) is 16.0 Å². The second kappa shape index (κ2) is 15.6. The lowest BCUT2D eigenvalue weighted by molar-refractivity contribution is -0.133. The van der Waals surface area contributed by atoms with Gasteiger partial charge >= 0.3 is 0 Å². The molecule has 0 unspecified atom stereocenters. The van der Waals surface area contributed by atoms with Gasteiger partial charge < -0.3 is 33.2 Å². The monoisotopic (exact) mass is 576 g/mol. The number of hydrogen-bond donors (Lipinski definition) is 8. The van der Waals surface area contributed by atoms with Gasteiger partial charge in [-0.25, -0.2) is 0 Å². The van der Waals surface area contributed by atoms with Crippen LogP contribution in [0.4, 0.5) is 0 Å². The van der Waals surface area contributed by atoms with Crippen molar-refractivity contribution in [2.45, 2.75) is 76.3 Å². The predicted octanol–water partition coefficient (Wildman–Crippen LogP) is 1.90. The summed E-state index contributed by atoms with van der Waals surface area (Å²) in [5, 5.41) is 23.5. The summed E-state index contributed by atoms with van der Waals surface area (Å²) in [4.78, 5) is 39.9. The first-order valence-corrected chi connectivity index (χ1v) is 14.5. The van der Waals surface area contributed by atoms with Crippen LogP contribution in [0.3, 0.4) is 0 Å². The topological polar surface area (TPSA) is 213 Å². The predicted molar refractivity (Wildman–Crippen MR) is 164 cm³/mol. The van der Waals surface area contributed by atoms with Crippen LogP contribution in [0, 0.1) is 23.7 Å². The maximum Gasteiger partial charge on any atom is 0.243 e. The maximum atomic E-state index is 14.1. The summed E-state index contributed by atoms with van der Waals surface area (Å²) in [6.45, 7) is 2.32. The number of aryl methyl sites for hydroxylation is 1. The molecular formula is C31H44N8O3. The van der Waals surface area contributed by atoms with Crippen LogP contribution >= 0.6 is 0 Å². The molecule has 1 aliphatic carbocycles.